The van der Waals surface area contributed by atoms with E-state index in [0.717, 1.165) is 51.0 Å². The van der Waals surface area contributed by atoms with Gasteiger partial charge in [0, 0.05) is 56.3 Å². The van der Waals surface area contributed by atoms with Crippen LogP contribution in [0.15, 0.2) is 36.7 Å². The van der Waals surface area contributed by atoms with Gasteiger partial charge in [-0.15, -0.1) is 0 Å². The van der Waals surface area contributed by atoms with E-state index in [4.69, 9.17) is 4.74 Å². The number of likely N-dealkylation sites (tertiary alicyclic amines) is 2. The molecule has 0 aromatic carbocycles. The van der Waals surface area contributed by atoms with E-state index in [1.54, 1.807) is 31.6 Å². The van der Waals surface area contributed by atoms with Crippen molar-refractivity contribution in [3.8, 4) is 5.88 Å². The van der Waals surface area contributed by atoms with Gasteiger partial charge in [-0.05, 0) is 50.3 Å². The first-order valence-electron chi connectivity index (χ1n) is 10.7. The molecular weight excluding hydrogens is 380 g/mol. The molecule has 158 valence electrons. The summed E-state index contributed by atoms with van der Waals surface area (Å²) in [5.74, 6) is 0.715. The Hall–Kier alpha value is -2.96. The Bertz CT molecular complexity index is 876. The second-order valence-electron chi connectivity index (χ2n) is 8.00. The van der Waals surface area contributed by atoms with Gasteiger partial charge in [0.05, 0.1) is 18.2 Å². The smallest absolute Gasteiger partial charge is 0.255 e. The molecule has 7 nitrogen and oxygen atoms in total. The van der Waals surface area contributed by atoms with E-state index >= 15 is 0 Å². The Kier molecular flexibility index (Phi) is 6.26. The summed E-state index contributed by atoms with van der Waals surface area (Å²) in [5.41, 5.74) is 2.15. The van der Waals surface area contributed by atoms with Gasteiger partial charge in [0.2, 0.25) is 5.88 Å². The average molecular weight is 409 g/mol. The van der Waals surface area contributed by atoms with Gasteiger partial charge < -0.3 is 14.5 Å². The van der Waals surface area contributed by atoms with Crippen LogP contribution in [0.1, 0.15) is 64.4 Å². The molecule has 0 spiro atoms. The molecule has 1 unspecified atom stereocenters. The van der Waals surface area contributed by atoms with E-state index < -0.39 is 0 Å². The topological polar surface area (TPSA) is 75.6 Å². The van der Waals surface area contributed by atoms with Crippen LogP contribution in [-0.4, -0.2) is 64.9 Å². The zero-order valence-corrected chi connectivity index (χ0v) is 17.4. The second-order valence-corrected chi connectivity index (χ2v) is 8.00. The van der Waals surface area contributed by atoms with Crippen molar-refractivity contribution in [2.24, 2.45) is 0 Å². The lowest BCUT2D eigenvalue weighted by Crippen LogP contribution is -2.39. The average Bonchev–Trinajstić information content (AvgIpc) is 2.84. The minimum absolute atomic E-state index is 0.0215. The number of carbonyl (C=O) groups excluding carboxylic acids is 2. The predicted molar refractivity (Wildman–Crippen MR) is 113 cm³/mol. The SMILES string of the molecule is COc1ccc(C(=O)N2CCCC(c3ccc(C(=O)N4CCCCC4)cn3)C2)cn1. The van der Waals surface area contributed by atoms with Crippen LogP contribution in [0.3, 0.4) is 0 Å². The lowest BCUT2D eigenvalue weighted by Gasteiger charge is -2.32. The quantitative estimate of drug-likeness (QED) is 0.777. The van der Waals surface area contributed by atoms with E-state index in [0.29, 0.717) is 23.6 Å². The molecule has 2 aromatic rings. The Morgan fingerprint density at radius 1 is 0.867 bits per heavy atom. The van der Waals surface area contributed by atoms with Gasteiger partial charge in [-0.3, -0.25) is 14.6 Å². The van der Waals surface area contributed by atoms with Crippen LogP contribution >= 0.6 is 0 Å². The molecule has 2 amide bonds. The second kappa shape index (κ2) is 9.24. The summed E-state index contributed by atoms with van der Waals surface area (Å²) in [5, 5.41) is 0. The molecule has 7 heteroatoms. The summed E-state index contributed by atoms with van der Waals surface area (Å²) < 4.78 is 5.06. The van der Waals surface area contributed by atoms with Crippen LogP contribution in [0, 0.1) is 0 Å². The van der Waals surface area contributed by atoms with E-state index in [2.05, 4.69) is 9.97 Å². The summed E-state index contributed by atoms with van der Waals surface area (Å²) in [6.07, 6.45) is 8.52. The molecule has 0 saturated carbocycles. The van der Waals surface area contributed by atoms with Crippen molar-refractivity contribution in [2.75, 3.05) is 33.3 Å². The summed E-state index contributed by atoms with van der Waals surface area (Å²) in [7, 11) is 1.55. The Morgan fingerprint density at radius 3 is 2.17 bits per heavy atom. The van der Waals surface area contributed by atoms with Crippen LogP contribution in [0.4, 0.5) is 0 Å². The number of amides is 2. The number of nitrogens with zero attached hydrogens (tertiary/aromatic N) is 4. The highest BCUT2D eigenvalue weighted by Gasteiger charge is 2.27. The maximum Gasteiger partial charge on any atom is 0.255 e. The van der Waals surface area contributed by atoms with Crippen molar-refractivity contribution >= 4 is 11.8 Å². The first kappa shape index (κ1) is 20.3. The number of rotatable bonds is 4. The number of methoxy groups -OCH3 is 1. The minimum Gasteiger partial charge on any atom is -0.481 e. The lowest BCUT2D eigenvalue weighted by atomic mass is 9.93. The number of ether oxygens (including phenoxy) is 1. The fourth-order valence-corrected chi connectivity index (χ4v) is 4.27. The minimum atomic E-state index is -0.0215. The molecule has 2 aliphatic rings. The first-order valence-corrected chi connectivity index (χ1v) is 10.7. The van der Waals surface area contributed by atoms with Crippen molar-refractivity contribution in [1.82, 2.24) is 19.8 Å². The van der Waals surface area contributed by atoms with E-state index in [-0.39, 0.29) is 17.7 Å². The normalized spacial score (nSPS) is 19.4. The Labute approximate surface area is 177 Å². The van der Waals surface area contributed by atoms with Crippen molar-refractivity contribution < 1.29 is 14.3 Å². The van der Waals surface area contributed by atoms with Crippen LogP contribution in [-0.2, 0) is 0 Å². The van der Waals surface area contributed by atoms with Crippen LogP contribution in [0.2, 0.25) is 0 Å². The van der Waals surface area contributed by atoms with Gasteiger partial charge in [-0.25, -0.2) is 4.98 Å². The zero-order valence-electron chi connectivity index (χ0n) is 17.4. The molecule has 2 aliphatic heterocycles. The molecule has 0 aliphatic carbocycles. The summed E-state index contributed by atoms with van der Waals surface area (Å²) >= 11 is 0. The van der Waals surface area contributed by atoms with Crippen molar-refractivity contribution in [3.63, 3.8) is 0 Å². The number of hydrogen-bond acceptors (Lipinski definition) is 5. The van der Waals surface area contributed by atoms with Crippen molar-refractivity contribution in [3.05, 3.63) is 53.5 Å². The summed E-state index contributed by atoms with van der Waals surface area (Å²) in [6.45, 7) is 3.02. The molecule has 0 N–H and O–H groups in total. The molecule has 2 fully saturated rings. The molecule has 4 rings (SSSR count). The van der Waals surface area contributed by atoms with E-state index in [9.17, 15) is 9.59 Å². The van der Waals surface area contributed by atoms with Crippen LogP contribution < -0.4 is 4.74 Å². The molecule has 2 aromatic heterocycles. The number of piperidine rings is 2. The zero-order chi connectivity index (χ0) is 20.9. The molecule has 4 heterocycles. The van der Waals surface area contributed by atoms with E-state index in [1.165, 1.54) is 6.42 Å². The van der Waals surface area contributed by atoms with Crippen molar-refractivity contribution in [1.29, 1.82) is 0 Å². The highest BCUT2D eigenvalue weighted by atomic mass is 16.5. The van der Waals surface area contributed by atoms with Gasteiger partial charge in [0.15, 0.2) is 0 Å². The maximum atomic E-state index is 12.9. The van der Waals surface area contributed by atoms with Crippen molar-refractivity contribution in [2.45, 2.75) is 38.0 Å². The van der Waals surface area contributed by atoms with Gasteiger partial charge in [0.25, 0.3) is 11.8 Å². The monoisotopic (exact) mass is 408 g/mol. The predicted octanol–water partition coefficient (Wildman–Crippen LogP) is 3.13. The highest BCUT2D eigenvalue weighted by molar-refractivity contribution is 5.94. The molecule has 1 atom stereocenters. The van der Waals surface area contributed by atoms with Gasteiger partial charge in [-0.2, -0.15) is 0 Å². The number of pyridine rings is 2. The third-order valence-corrected chi connectivity index (χ3v) is 6.00. The maximum absolute atomic E-state index is 12.9. The number of hydrogen-bond donors (Lipinski definition) is 0. The standard InChI is InChI=1S/C23H28N4O3/c1-30-21-10-8-18(15-25-21)23(29)27-13-5-6-19(16-27)20-9-7-17(14-24-20)22(28)26-11-3-2-4-12-26/h7-10,14-15,19H,2-6,11-13,16H2,1H3. The molecule has 30 heavy (non-hydrogen) atoms. The van der Waals surface area contributed by atoms with Gasteiger partial charge in [0.1, 0.15) is 0 Å². The van der Waals surface area contributed by atoms with Gasteiger partial charge >= 0.3 is 0 Å². The summed E-state index contributed by atoms with van der Waals surface area (Å²) in [6, 6.07) is 7.28. The molecule has 0 bridgehead atoms. The molecule has 0 radical (unpaired) electrons. The Balaban J connectivity index is 1.41. The fraction of sp³-hybridized carbons (Fsp3) is 0.478. The van der Waals surface area contributed by atoms with E-state index in [1.807, 2.05) is 21.9 Å². The third kappa shape index (κ3) is 4.45. The summed E-state index contributed by atoms with van der Waals surface area (Å²) in [4.78, 5) is 38.0. The lowest BCUT2D eigenvalue weighted by molar-refractivity contribution is 0.0704. The van der Waals surface area contributed by atoms with Crippen LogP contribution in [0.25, 0.3) is 0 Å². The molecular formula is C23H28N4O3. The fourth-order valence-electron chi connectivity index (χ4n) is 4.27. The molecule has 2 saturated heterocycles. The first-order chi connectivity index (χ1) is 14.7. The Morgan fingerprint density at radius 2 is 1.53 bits per heavy atom. The largest absolute Gasteiger partial charge is 0.481 e. The number of carbonyl (C=O) groups is 2. The highest BCUT2D eigenvalue weighted by Crippen LogP contribution is 2.27. The number of aromatic nitrogens is 2. The van der Waals surface area contributed by atoms with Crippen LogP contribution in [0.5, 0.6) is 5.88 Å². The third-order valence-electron chi connectivity index (χ3n) is 6.00. The van der Waals surface area contributed by atoms with Gasteiger partial charge in [-0.1, -0.05) is 0 Å².